The highest BCUT2D eigenvalue weighted by molar-refractivity contribution is 5.26. The van der Waals surface area contributed by atoms with E-state index in [1.54, 1.807) is 0 Å². The summed E-state index contributed by atoms with van der Waals surface area (Å²) in [6.45, 7) is 4.66. The van der Waals surface area contributed by atoms with Gasteiger partial charge in [0, 0.05) is 18.0 Å². The Labute approximate surface area is 95.9 Å². The van der Waals surface area contributed by atoms with Crippen LogP contribution < -0.4 is 4.74 Å². The van der Waals surface area contributed by atoms with Crippen LogP contribution in [0.1, 0.15) is 16.7 Å². The molecule has 16 heavy (non-hydrogen) atoms. The van der Waals surface area contributed by atoms with Crippen molar-refractivity contribution in [3.8, 4) is 5.75 Å². The Morgan fingerprint density at radius 3 is 2.44 bits per heavy atom. The molecule has 82 valence electrons. The zero-order chi connectivity index (χ0) is 11.4. The molecule has 2 heteroatoms. The molecule has 2 rings (SSSR count). The van der Waals surface area contributed by atoms with E-state index in [-0.39, 0.29) is 0 Å². The summed E-state index contributed by atoms with van der Waals surface area (Å²) in [5.41, 5.74) is 3.50. The maximum absolute atomic E-state index is 5.66. The third kappa shape index (κ3) is 2.83. The van der Waals surface area contributed by atoms with Crippen molar-refractivity contribution in [1.82, 2.24) is 4.98 Å². The smallest absolute Gasteiger partial charge is 0.119 e. The number of aryl methyl sites for hydroxylation is 2. The molecule has 0 spiro atoms. The summed E-state index contributed by atoms with van der Waals surface area (Å²) < 4.78 is 5.66. The maximum Gasteiger partial charge on any atom is 0.119 e. The molecule has 1 aromatic carbocycles. The van der Waals surface area contributed by atoms with E-state index < -0.39 is 0 Å². The van der Waals surface area contributed by atoms with Crippen molar-refractivity contribution in [2.45, 2.75) is 20.5 Å². The van der Waals surface area contributed by atoms with Crippen molar-refractivity contribution in [1.29, 1.82) is 0 Å². The summed E-state index contributed by atoms with van der Waals surface area (Å²) in [5.74, 6) is 0.895. The van der Waals surface area contributed by atoms with E-state index >= 15 is 0 Å². The first-order chi connectivity index (χ1) is 7.74. The van der Waals surface area contributed by atoms with Gasteiger partial charge in [-0.3, -0.25) is 4.98 Å². The van der Waals surface area contributed by atoms with Gasteiger partial charge in [0.05, 0.1) is 0 Å². The van der Waals surface area contributed by atoms with Crippen molar-refractivity contribution in [3.05, 3.63) is 59.4 Å². The van der Waals surface area contributed by atoms with Crippen molar-refractivity contribution in [2.24, 2.45) is 0 Å². The second-order valence-corrected chi connectivity index (χ2v) is 3.97. The quantitative estimate of drug-likeness (QED) is 0.780. The van der Waals surface area contributed by atoms with Crippen LogP contribution in [-0.2, 0) is 6.61 Å². The van der Waals surface area contributed by atoms with Crippen LogP contribution in [0.25, 0.3) is 0 Å². The molecule has 0 aliphatic rings. The van der Waals surface area contributed by atoms with Crippen LogP contribution in [0.5, 0.6) is 5.75 Å². The molecule has 1 aromatic heterocycles. The lowest BCUT2D eigenvalue weighted by Gasteiger charge is -2.06. The minimum Gasteiger partial charge on any atom is -0.489 e. The van der Waals surface area contributed by atoms with Crippen LogP contribution in [-0.4, -0.2) is 4.98 Å². The molecular formula is C14H15NO. The number of nitrogens with zero attached hydrogens (tertiary/aromatic N) is 1. The standard InChI is InChI=1S/C14H15NO/c1-11-3-5-14(6-4-11)16-10-13-7-12(2)8-15-9-13/h3-9H,10H2,1-2H3. The Hall–Kier alpha value is -1.83. The van der Waals surface area contributed by atoms with Crippen molar-refractivity contribution >= 4 is 0 Å². The second kappa shape index (κ2) is 4.79. The summed E-state index contributed by atoms with van der Waals surface area (Å²) in [7, 11) is 0. The molecule has 0 aliphatic heterocycles. The predicted octanol–water partition coefficient (Wildman–Crippen LogP) is 3.28. The zero-order valence-electron chi connectivity index (χ0n) is 9.60. The lowest BCUT2D eigenvalue weighted by molar-refractivity contribution is 0.305. The van der Waals surface area contributed by atoms with E-state index in [9.17, 15) is 0 Å². The van der Waals surface area contributed by atoms with E-state index in [1.807, 2.05) is 43.6 Å². The van der Waals surface area contributed by atoms with Gasteiger partial charge in [0.1, 0.15) is 12.4 Å². The number of hydrogen-bond acceptors (Lipinski definition) is 2. The summed E-state index contributed by atoms with van der Waals surface area (Å²) in [6, 6.07) is 10.1. The third-order valence-corrected chi connectivity index (χ3v) is 2.36. The van der Waals surface area contributed by atoms with Crippen LogP contribution in [0, 0.1) is 13.8 Å². The van der Waals surface area contributed by atoms with Crippen molar-refractivity contribution < 1.29 is 4.74 Å². The van der Waals surface area contributed by atoms with Gasteiger partial charge in [-0.1, -0.05) is 17.7 Å². The van der Waals surface area contributed by atoms with Gasteiger partial charge >= 0.3 is 0 Å². The second-order valence-electron chi connectivity index (χ2n) is 3.97. The Morgan fingerprint density at radius 2 is 1.75 bits per heavy atom. The van der Waals surface area contributed by atoms with Gasteiger partial charge in [-0.15, -0.1) is 0 Å². The van der Waals surface area contributed by atoms with Gasteiger partial charge < -0.3 is 4.74 Å². The fourth-order valence-corrected chi connectivity index (χ4v) is 1.50. The molecule has 0 radical (unpaired) electrons. The third-order valence-electron chi connectivity index (χ3n) is 2.36. The van der Waals surface area contributed by atoms with E-state index in [4.69, 9.17) is 4.74 Å². The SMILES string of the molecule is Cc1ccc(OCc2cncc(C)c2)cc1. The minimum atomic E-state index is 0.567. The molecule has 0 unspecified atom stereocenters. The van der Waals surface area contributed by atoms with Gasteiger partial charge in [-0.2, -0.15) is 0 Å². The van der Waals surface area contributed by atoms with Gasteiger partial charge in [-0.25, -0.2) is 0 Å². The van der Waals surface area contributed by atoms with Gasteiger partial charge in [-0.05, 0) is 37.6 Å². The molecule has 2 aromatic rings. The Morgan fingerprint density at radius 1 is 1.00 bits per heavy atom. The van der Waals surface area contributed by atoms with Gasteiger partial charge in [0.15, 0.2) is 0 Å². The van der Waals surface area contributed by atoms with Crippen molar-refractivity contribution in [3.63, 3.8) is 0 Å². The lowest BCUT2D eigenvalue weighted by atomic mass is 10.2. The summed E-state index contributed by atoms with van der Waals surface area (Å²) in [6.07, 6.45) is 3.68. The molecule has 0 fully saturated rings. The van der Waals surface area contributed by atoms with Crippen LogP contribution in [0.15, 0.2) is 42.7 Å². The van der Waals surface area contributed by atoms with E-state index in [2.05, 4.69) is 18.0 Å². The van der Waals surface area contributed by atoms with Gasteiger partial charge in [0.2, 0.25) is 0 Å². The number of aromatic nitrogens is 1. The number of hydrogen-bond donors (Lipinski definition) is 0. The lowest BCUT2D eigenvalue weighted by Crippen LogP contribution is -1.96. The maximum atomic E-state index is 5.66. The molecule has 0 atom stereocenters. The number of rotatable bonds is 3. The first-order valence-corrected chi connectivity index (χ1v) is 5.34. The summed E-state index contributed by atoms with van der Waals surface area (Å²) in [5, 5.41) is 0. The Bertz CT molecular complexity index is 462. The largest absolute Gasteiger partial charge is 0.489 e. The first-order valence-electron chi connectivity index (χ1n) is 5.34. The number of pyridine rings is 1. The van der Waals surface area contributed by atoms with Crippen LogP contribution in [0.2, 0.25) is 0 Å². The molecular weight excluding hydrogens is 198 g/mol. The Kier molecular flexibility index (Phi) is 3.20. The van der Waals surface area contributed by atoms with Crippen LogP contribution in [0.3, 0.4) is 0 Å². The fraction of sp³-hybridized carbons (Fsp3) is 0.214. The van der Waals surface area contributed by atoms with Crippen LogP contribution >= 0.6 is 0 Å². The van der Waals surface area contributed by atoms with Crippen LogP contribution in [0.4, 0.5) is 0 Å². The molecule has 0 saturated carbocycles. The van der Waals surface area contributed by atoms with E-state index in [1.165, 1.54) is 5.56 Å². The molecule has 0 aliphatic carbocycles. The molecule has 0 N–H and O–H groups in total. The first kappa shape index (κ1) is 10.7. The summed E-state index contributed by atoms with van der Waals surface area (Å²) in [4.78, 5) is 4.13. The molecule has 2 nitrogen and oxygen atoms in total. The average Bonchev–Trinajstić information content (AvgIpc) is 2.28. The highest BCUT2D eigenvalue weighted by atomic mass is 16.5. The highest BCUT2D eigenvalue weighted by Gasteiger charge is 1.96. The van der Waals surface area contributed by atoms with E-state index in [0.29, 0.717) is 6.61 Å². The van der Waals surface area contributed by atoms with Gasteiger partial charge in [0.25, 0.3) is 0 Å². The van der Waals surface area contributed by atoms with E-state index in [0.717, 1.165) is 16.9 Å². The zero-order valence-corrected chi connectivity index (χ0v) is 9.60. The molecule has 0 amide bonds. The molecule has 1 heterocycles. The molecule has 0 saturated heterocycles. The topological polar surface area (TPSA) is 22.1 Å². The monoisotopic (exact) mass is 213 g/mol. The summed E-state index contributed by atoms with van der Waals surface area (Å²) >= 11 is 0. The normalized spacial score (nSPS) is 10.1. The highest BCUT2D eigenvalue weighted by Crippen LogP contribution is 2.13. The predicted molar refractivity (Wildman–Crippen MR) is 64.5 cm³/mol. The molecule has 0 bridgehead atoms. The Balaban J connectivity index is 1.99. The minimum absolute atomic E-state index is 0.567. The number of ether oxygens (including phenoxy) is 1. The average molecular weight is 213 g/mol. The number of benzene rings is 1. The van der Waals surface area contributed by atoms with Crippen molar-refractivity contribution in [2.75, 3.05) is 0 Å². The fourth-order valence-electron chi connectivity index (χ4n) is 1.50.